The second-order valence-corrected chi connectivity index (χ2v) is 6.35. The zero-order chi connectivity index (χ0) is 16.8. The molecule has 128 valence electrons. The van der Waals surface area contributed by atoms with Gasteiger partial charge in [-0.05, 0) is 57.0 Å². The van der Waals surface area contributed by atoms with Crippen LogP contribution in [0.3, 0.4) is 0 Å². The van der Waals surface area contributed by atoms with E-state index in [0.717, 1.165) is 32.4 Å². The van der Waals surface area contributed by atoms with Gasteiger partial charge in [0.05, 0.1) is 12.1 Å². The Bertz CT molecular complexity index is 506. The fourth-order valence-electron chi connectivity index (χ4n) is 3.22. The van der Waals surface area contributed by atoms with Crippen LogP contribution < -0.4 is 5.32 Å². The normalized spacial score (nSPS) is 21.7. The van der Waals surface area contributed by atoms with Crippen molar-refractivity contribution in [3.8, 4) is 0 Å². The molecule has 1 aromatic carbocycles. The van der Waals surface area contributed by atoms with Gasteiger partial charge in [0, 0.05) is 6.04 Å². The van der Waals surface area contributed by atoms with Crippen molar-refractivity contribution in [3.05, 3.63) is 35.6 Å². The van der Waals surface area contributed by atoms with E-state index in [4.69, 9.17) is 0 Å². The highest BCUT2D eigenvalue weighted by atomic mass is 19.1. The zero-order valence-electron chi connectivity index (χ0n) is 14.0. The molecule has 1 fully saturated rings. The third-order valence-corrected chi connectivity index (χ3v) is 4.54. The second kappa shape index (κ2) is 8.41. The SMILES string of the molecule is CCN1CCCCC1C(=O)NC(C)CC(O)c1ccc(F)cc1. The van der Waals surface area contributed by atoms with Crippen molar-refractivity contribution in [2.24, 2.45) is 0 Å². The van der Waals surface area contributed by atoms with Gasteiger partial charge in [0.2, 0.25) is 5.91 Å². The van der Waals surface area contributed by atoms with Crippen LogP contribution in [-0.2, 0) is 4.79 Å². The highest BCUT2D eigenvalue weighted by Gasteiger charge is 2.28. The van der Waals surface area contributed by atoms with Crippen molar-refractivity contribution in [2.75, 3.05) is 13.1 Å². The molecule has 23 heavy (non-hydrogen) atoms. The Kier molecular flexibility index (Phi) is 6.54. The van der Waals surface area contributed by atoms with E-state index < -0.39 is 6.10 Å². The van der Waals surface area contributed by atoms with Crippen LogP contribution >= 0.6 is 0 Å². The molecule has 1 heterocycles. The summed E-state index contributed by atoms with van der Waals surface area (Å²) in [5.41, 5.74) is 0.667. The number of aliphatic hydroxyl groups excluding tert-OH is 1. The molecule has 1 saturated heterocycles. The largest absolute Gasteiger partial charge is 0.388 e. The number of rotatable bonds is 6. The van der Waals surface area contributed by atoms with Crippen LogP contribution in [0.2, 0.25) is 0 Å². The Hall–Kier alpha value is -1.46. The maximum Gasteiger partial charge on any atom is 0.237 e. The summed E-state index contributed by atoms with van der Waals surface area (Å²) < 4.78 is 12.9. The summed E-state index contributed by atoms with van der Waals surface area (Å²) >= 11 is 0. The Morgan fingerprint density at radius 3 is 2.74 bits per heavy atom. The first-order chi connectivity index (χ1) is 11.0. The minimum Gasteiger partial charge on any atom is -0.388 e. The van der Waals surface area contributed by atoms with Gasteiger partial charge in [-0.2, -0.15) is 0 Å². The van der Waals surface area contributed by atoms with Gasteiger partial charge in [0.1, 0.15) is 5.82 Å². The van der Waals surface area contributed by atoms with Crippen molar-refractivity contribution in [2.45, 2.75) is 57.7 Å². The Morgan fingerprint density at radius 1 is 1.39 bits per heavy atom. The van der Waals surface area contributed by atoms with E-state index in [9.17, 15) is 14.3 Å². The number of nitrogens with zero attached hydrogens (tertiary/aromatic N) is 1. The molecule has 4 nitrogen and oxygen atoms in total. The molecule has 0 spiro atoms. The van der Waals surface area contributed by atoms with Crippen molar-refractivity contribution < 1.29 is 14.3 Å². The molecule has 5 heteroatoms. The quantitative estimate of drug-likeness (QED) is 0.846. The van der Waals surface area contributed by atoms with E-state index in [1.165, 1.54) is 12.1 Å². The first-order valence-electron chi connectivity index (χ1n) is 8.49. The molecule has 0 radical (unpaired) electrons. The van der Waals surface area contributed by atoms with Gasteiger partial charge in [-0.1, -0.05) is 25.5 Å². The smallest absolute Gasteiger partial charge is 0.237 e. The van der Waals surface area contributed by atoms with E-state index in [2.05, 4.69) is 17.1 Å². The molecule has 1 amide bonds. The fourth-order valence-corrected chi connectivity index (χ4v) is 3.22. The average Bonchev–Trinajstić information content (AvgIpc) is 2.55. The second-order valence-electron chi connectivity index (χ2n) is 6.35. The van der Waals surface area contributed by atoms with E-state index >= 15 is 0 Å². The predicted molar refractivity (Wildman–Crippen MR) is 88.5 cm³/mol. The topological polar surface area (TPSA) is 52.6 Å². The molecule has 1 aromatic rings. The summed E-state index contributed by atoms with van der Waals surface area (Å²) in [6, 6.07) is 5.64. The van der Waals surface area contributed by atoms with Gasteiger partial charge in [-0.3, -0.25) is 9.69 Å². The van der Waals surface area contributed by atoms with E-state index in [1.807, 2.05) is 6.92 Å². The maximum absolute atomic E-state index is 12.9. The third-order valence-electron chi connectivity index (χ3n) is 4.54. The van der Waals surface area contributed by atoms with Crippen LogP contribution in [0.25, 0.3) is 0 Å². The molecule has 2 rings (SSSR count). The van der Waals surface area contributed by atoms with Gasteiger partial charge in [0.15, 0.2) is 0 Å². The maximum atomic E-state index is 12.9. The summed E-state index contributed by atoms with van der Waals surface area (Å²) in [5.74, 6) is -0.274. The molecule has 1 aliphatic heterocycles. The van der Waals surface area contributed by atoms with Crippen LogP contribution in [0, 0.1) is 5.82 Å². The molecule has 0 bridgehead atoms. The van der Waals surface area contributed by atoms with Crippen LogP contribution in [0.1, 0.15) is 51.2 Å². The van der Waals surface area contributed by atoms with Crippen LogP contribution in [0.4, 0.5) is 4.39 Å². The number of hydrogen-bond acceptors (Lipinski definition) is 3. The highest BCUT2D eigenvalue weighted by molar-refractivity contribution is 5.82. The number of nitrogens with one attached hydrogen (secondary N) is 1. The average molecular weight is 322 g/mol. The number of amides is 1. The molecular formula is C18H27FN2O2. The summed E-state index contributed by atoms with van der Waals surface area (Å²) in [4.78, 5) is 14.7. The molecular weight excluding hydrogens is 295 g/mol. The van der Waals surface area contributed by atoms with Crippen molar-refractivity contribution >= 4 is 5.91 Å². The first kappa shape index (κ1) is 17.9. The lowest BCUT2D eigenvalue weighted by Crippen LogP contribution is -2.51. The fraction of sp³-hybridized carbons (Fsp3) is 0.611. The van der Waals surface area contributed by atoms with Gasteiger partial charge in [0.25, 0.3) is 0 Å². The number of halogens is 1. The Morgan fingerprint density at radius 2 is 2.09 bits per heavy atom. The molecule has 0 aromatic heterocycles. The lowest BCUT2D eigenvalue weighted by atomic mass is 9.99. The number of aliphatic hydroxyl groups is 1. The standard InChI is InChI=1S/C18H27FN2O2/c1-3-21-11-5-4-6-16(21)18(23)20-13(2)12-17(22)14-7-9-15(19)10-8-14/h7-10,13,16-17,22H,3-6,11-12H2,1-2H3,(H,20,23). The molecule has 0 aliphatic carbocycles. The third kappa shape index (κ3) is 5.01. The minimum atomic E-state index is -0.709. The number of benzene rings is 1. The Balaban J connectivity index is 1.86. The summed E-state index contributed by atoms with van der Waals surface area (Å²) in [5, 5.41) is 13.2. The van der Waals surface area contributed by atoms with Crippen LogP contribution in [-0.4, -0.2) is 41.1 Å². The van der Waals surface area contributed by atoms with Gasteiger partial charge in [-0.25, -0.2) is 4.39 Å². The molecule has 0 saturated carbocycles. The zero-order valence-corrected chi connectivity index (χ0v) is 14.0. The van der Waals surface area contributed by atoms with Crippen molar-refractivity contribution in [1.82, 2.24) is 10.2 Å². The van der Waals surface area contributed by atoms with Crippen LogP contribution in [0.15, 0.2) is 24.3 Å². The number of piperidine rings is 1. The highest BCUT2D eigenvalue weighted by Crippen LogP contribution is 2.20. The van der Waals surface area contributed by atoms with Gasteiger partial charge < -0.3 is 10.4 Å². The van der Waals surface area contributed by atoms with Gasteiger partial charge >= 0.3 is 0 Å². The predicted octanol–water partition coefficient (Wildman–Crippen LogP) is 2.63. The monoisotopic (exact) mass is 322 g/mol. The van der Waals surface area contributed by atoms with E-state index in [1.54, 1.807) is 12.1 Å². The number of likely N-dealkylation sites (tertiary alicyclic amines) is 1. The summed E-state index contributed by atoms with van der Waals surface area (Å²) in [6.45, 7) is 5.82. The number of likely N-dealkylation sites (N-methyl/N-ethyl adjacent to an activating group) is 1. The summed E-state index contributed by atoms with van der Waals surface area (Å²) in [7, 11) is 0. The Labute approximate surface area is 137 Å². The molecule has 3 unspecified atom stereocenters. The van der Waals surface area contributed by atoms with E-state index in [-0.39, 0.29) is 23.8 Å². The minimum absolute atomic E-state index is 0.0466. The number of carbonyl (C=O) groups excluding carboxylic acids is 1. The number of carbonyl (C=O) groups is 1. The molecule has 1 aliphatic rings. The van der Waals surface area contributed by atoms with Crippen LogP contribution in [0.5, 0.6) is 0 Å². The van der Waals surface area contributed by atoms with Crippen molar-refractivity contribution in [3.63, 3.8) is 0 Å². The lowest BCUT2D eigenvalue weighted by molar-refractivity contribution is -0.128. The van der Waals surface area contributed by atoms with Crippen molar-refractivity contribution in [1.29, 1.82) is 0 Å². The number of hydrogen-bond donors (Lipinski definition) is 2. The summed E-state index contributed by atoms with van der Waals surface area (Å²) in [6.07, 6.45) is 2.83. The van der Waals surface area contributed by atoms with E-state index in [0.29, 0.717) is 12.0 Å². The van der Waals surface area contributed by atoms with Gasteiger partial charge in [-0.15, -0.1) is 0 Å². The molecule has 3 atom stereocenters. The molecule has 2 N–H and O–H groups in total. The lowest BCUT2D eigenvalue weighted by Gasteiger charge is -2.34. The first-order valence-corrected chi connectivity index (χ1v) is 8.49.